The maximum Gasteiger partial charge on any atom is 0.160 e. The number of fused-ring (bicyclic) bond motifs is 2. The van der Waals surface area contributed by atoms with E-state index in [4.69, 9.17) is 4.98 Å². The van der Waals surface area contributed by atoms with E-state index >= 15 is 0 Å². The molecular formula is C35H32N8O2. The van der Waals surface area contributed by atoms with Crippen molar-refractivity contribution in [2.45, 2.75) is 32.9 Å². The molecule has 0 amide bonds. The Labute approximate surface area is 260 Å². The number of likely N-dealkylation sites (tertiary alicyclic amines) is 1. The fraction of sp³-hybridized carbons (Fsp3) is 0.200. The second-order valence-electron chi connectivity index (χ2n) is 11.4. The predicted molar refractivity (Wildman–Crippen MR) is 176 cm³/mol. The van der Waals surface area contributed by atoms with Crippen molar-refractivity contribution >= 4 is 51.2 Å². The number of aromatic nitrogens is 5. The Morgan fingerprint density at radius 3 is 2.27 bits per heavy atom. The summed E-state index contributed by atoms with van der Waals surface area (Å²) in [4.78, 5) is 36.0. The minimum Gasteiger partial charge on any atom is -0.392 e. The molecule has 4 aromatic heterocycles. The fourth-order valence-corrected chi connectivity index (χ4v) is 5.99. The molecule has 10 heteroatoms. The average molecular weight is 597 g/mol. The molecular weight excluding hydrogens is 564 g/mol. The monoisotopic (exact) mass is 596 g/mol. The zero-order valence-corrected chi connectivity index (χ0v) is 25.0. The molecule has 1 aliphatic rings. The first kappa shape index (κ1) is 28.5. The smallest absolute Gasteiger partial charge is 0.160 e. The first-order chi connectivity index (χ1) is 22.0. The van der Waals surface area contributed by atoms with Gasteiger partial charge in [-0.15, -0.1) is 0 Å². The van der Waals surface area contributed by atoms with E-state index in [9.17, 15) is 9.90 Å². The second kappa shape index (κ2) is 12.0. The van der Waals surface area contributed by atoms with Crippen LogP contribution >= 0.6 is 0 Å². The van der Waals surface area contributed by atoms with E-state index in [-0.39, 0.29) is 6.10 Å². The number of aldehydes is 1. The molecule has 0 unspecified atom stereocenters. The van der Waals surface area contributed by atoms with Crippen LogP contribution in [0.5, 0.6) is 0 Å². The van der Waals surface area contributed by atoms with Gasteiger partial charge in [0.2, 0.25) is 0 Å². The van der Waals surface area contributed by atoms with Crippen molar-refractivity contribution < 1.29 is 9.90 Å². The van der Waals surface area contributed by atoms with Gasteiger partial charge in [0.1, 0.15) is 17.4 Å². The van der Waals surface area contributed by atoms with Crippen molar-refractivity contribution in [3.63, 3.8) is 0 Å². The van der Waals surface area contributed by atoms with Gasteiger partial charge in [-0.05, 0) is 78.4 Å². The number of aliphatic hydroxyl groups excluding tert-OH is 1. The van der Waals surface area contributed by atoms with Crippen molar-refractivity contribution in [2.24, 2.45) is 0 Å². The van der Waals surface area contributed by atoms with Crippen LogP contribution in [-0.4, -0.2) is 60.4 Å². The zero-order chi connectivity index (χ0) is 30.9. The van der Waals surface area contributed by atoms with Gasteiger partial charge in [0.05, 0.1) is 11.6 Å². The van der Waals surface area contributed by atoms with Crippen LogP contribution in [0, 0.1) is 13.8 Å². The van der Waals surface area contributed by atoms with Crippen molar-refractivity contribution in [1.82, 2.24) is 29.8 Å². The van der Waals surface area contributed by atoms with Crippen LogP contribution in [-0.2, 0) is 6.54 Å². The number of benzene rings is 2. The number of β-amino-alcohol motifs (C(OH)–C–C–N with tert-alkyl or cyclic N) is 1. The third-order valence-electron chi connectivity index (χ3n) is 8.41. The van der Waals surface area contributed by atoms with Gasteiger partial charge in [-0.1, -0.05) is 24.3 Å². The quantitative estimate of drug-likeness (QED) is 0.177. The molecule has 1 aliphatic heterocycles. The second-order valence-corrected chi connectivity index (χ2v) is 11.4. The molecule has 0 bridgehead atoms. The fourth-order valence-electron chi connectivity index (χ4n) is 5.99. The minimum absolute atomic E-state index is 0.241. The summed E-state index contributed by atoms with van der Waals surface area (Å²) in [5.74, 6) is 1.27. The predicted octanol–water partition coefficient (Wildman–Crippen LogP) is 6.12. The lowest BCUT2D eigenvalue weighted by Gasteiger charge is -2.18. The molecule has 0 spiro atoms. The summed E-state index contributed by atoms with van der Waals surface area (Å²) in [6.07, 6.45) is 8.03. The zero-order valence-electron chi connectivity index (χ0n) is 25.0. The van der Waals surface area contributed by atoms with Crippen LogP contribution < -0.4 is 10.6 Å². The summed E-state index contributed by atoms with van der Waals surface area (Å²) in [7, 11) is 0. The summed E-state index contributed by atoms with van der Waals surface area (Å²) >= 11 is 0. The number of rotatable bonds is 8. The number of nitrogens with zero attached hydrogens (tertiary/aromatic N) is 6. The third kappa shape index (κ3) is 5.68. The maximum absolute atomic E-state index is 11.2. The average Bonchev–Trinajstić information content (AvgIpc) is 3.47. The van der Waals surface area contributed by atoms with Crippen LogP contribution in [0.3, 0.4) is 0 Å². The number of hydrogen-bond donors (Lipinski definition) is 3. The number of aliphatic hydroxyl groups is 1. The van der Waals surface area contributed by atoms with Crippen LogP contribution in [0.15, 0.2) is 79.5 Å². The molecule has 5 heterocycles. The summed E-state index contributed by atoms with van der Waals surface area (Å²) in [6.45, 7) is 6.55. The topological polar surface area (TPSA) is 129 Å². The Morgan fingerprint density at radius 1 is 0.867 bits per heavy atom. The highest BCUT2D eigenvalue weighted by atomic mass is 16.3. The summed E-state index contributed by atoms with van der Waals surface area (Å²) in [6, 6.07) is 18.2. The van der Waals surface area contributed by atoms with E-state index < -0.39 is 0 Å². The van der Waals surface area contributed by atoms with Gasteiger partial charge < -0.3 is 15.7 Å². The van der Waals surface area contributed by atoms with Crippen molar-refractivity contribution in [3.8, 4) is 11.1 Å². The number of carbonyl (C=O) groups excluding carboxylic acids is 1. The third-order valence-corrected chi connectivity index (χ3v) is 8.41. The van der Waals surface area contributed by atoms with Gasteiger partial charge >= 0.3 is 0 Å². The maximum atomic E-state index is 11.2. The number of pyridine rings is 3. The van der Waals surface area contributed by atoms with Gasteiger partial charge in [0, 0.05) is 60.5 Å². The first-order valence-corrected chi connectivity index (χ1v) is 14.9. The number of carbonyl (C=O) groups is 1. The first-order valence-electron chi connectivity index (χ1n) is 14.9. The molecule has 1 fully saturated rings. The molecule has 0 aliphatic carbocycles. The largest absolute Gasteiger partial charge is 0.392 e. The highest BCUT2D eigenvalue weighted by Crippen LogP contribution is 2.36. The number of nitrogens with one attached hydrogen (secondary N) is 2. The highest BCUT2D eigenvalue weighted by Gasteiger charge is 2.20. The van der Waals surface area contributed by atoms with Crippen LogP contribution in [0.2, 0.25) is 0 Å². The van der Waals surface area contributed by atoms with Gasteiger partial charge in [-0.2, -0.15) is 0 Å². The standard InChI is InChI=1S/C35H32N8O2/c1-21-27(28-6-4-8-30(22(28)2)42-35-33-31(39-20-40-35)14-24(19-44)16-38-33)5-3-7-29(21)41-34-32-25(9-11-36-34)13-23(15-37-32)17-43-12-10-26(45)18-43/h3-9,11,13-16,19-20,26,45H,10,12,17-18H2,1-2H3,(H,36,41)(H,39,40,42)/t26-/m1/s1. The van der Waals surface area contributed by atoms with Crippen molar-refractivity contribution in [3.05, 3.63) is 102 Å². The molecule has 45 heavy (non-hydrogen) atoms. The van der Waals surface area contributed by atoms with Crippen LogP contribution in [0.25, 0.3) is 33.1 Å². The lowest BCUT2D eigenvalue weighted by Crippen LogP contribution is -2.21. The van der Waals surface area contributed by atoms with Gasteiger partial charge in [0.25, 0.3) is 0 Å². The van der Waals surface area contributed by atoms with Crippen LogP contribution in [0.1, 0.15) is 33.5 Å². The highest BCUT2D eigenvalue weighted by molar-refractivity contribution is 5.93. The SMILES string of the molecule is Cc1c(Nc2nccc3cc(CN4CC[C@@H](O)C4)cnc23)cccc1-c1cccc(Nc2ncnc3cc(C=O)cnc23)c1C. The Balaban J connectivity index is 1.17. The van der Waals surface area contributed by atoms with Crippen molar-refractivity contribution in [2.75, 3.05) is 23.7 Å². The Kier molecular flexibility index (Phi) is 7.58. The van der Waals surface area contributed by atoms with E-state index in [0.717, 1.165) is 75.9 Å². The number of anilines is 4. The Hall–Kier alpha value is -5.32. The molecule has 7 rings (SSSR count). The summed E-state index contributed by atoms with van der Waals surface area (Å²) in [5, 5.41) is 17.9. The molecule has 2 aromatic carbocycles. The van der Waals surface area contributed by atoms with E-state index in [0.29, 0.717) is 34.8 Å². The lowest BCUT2D eigenvalue weighted by molar-refractivity contribution is 0.112. The Bertz CT molecular complexity index is 2060. The van der Waals surface area contributed by atoms with Gasteiger partial charge in [0.15, 0.2) is 17.9 Å². The molecule has 10 nitrogen and oxygen atoms in total. The lowest BCUT2D eigenvalue weighted by atomic mass is 9.94. The van der Waals surface area contributed by atoms with Gasteiger partial charge in [-0.3, -0.25) is 14.7 Å². The molecule has 1 atom stereocenters. The van der Waals surface area contributed by atoms with E-state index in [1.165, 1.54) is 12.5 Å². The normalized spacial score (nSPS) is 15.0. The molecule has 3 N–H and O–H groups in total. The summed E-state index contributed by atoms with van der Waals surface area (Å²) < 4.78 is 0. The van der Waals surface area contributed by atoms with E-state index in [2.05, 4.69) is 73.6 Å². The molecule has 6 aromatic rings. The van der Waals surface area contributed by atoms with E-state index in [1.54, 1.807) is 12.3 Å². The van der Waals surface area contributed by atoms with Crippen molar-refractivity contribution in [1.29, 1.82) is 0 Å². The number of hydrogen-bond acceptors (Lipinski definition) is 10. The van der Waals surface area contributed by atoms with Crippen LogP contribution in [0.4, 0.5) is 23.0 Å². The summed E-state index contributed by atoms with van der Waals surface area (Å²) in [5.41, 5.74) is 9.72. The van der Waals surface area contributed by atoms with Gasteiger partial charge in [-0.25, -0.2) is 19.9 Å². The molecule has 1 saturated heterocycles. The Morgan fingerprint density at radius 2 is 1.58 bits per heavy atom. The molecule has 224 valence electrons. The molecule has 0 saturated carbocycles. The minimum atomic E-state index is -0.241. The van der Waals surface area contributed by atoms with E-state index in [1.807, 2.05) is 30.5 Å². The molecule has 0 radical (unpaired) electrons.